The van der Waals surface area contributed by atoms with Crippen LogP contribution in [0.5, 0.6) is 0 Å². The van der Waals surface area contributed by atoms with Crippen molar-refractivity contribution in [1.29, 1.82) is 0 Å². The zero-order chi connectivity index (χ0) is 9.84. The zero-order valence-corrected chi connectivity index (χ0v) is 9.87. The van der Waals surface area contributed by atoms with Crippen molar-refractivity contribution in [3.63, 3.8) is 0 Å². The lowest BCUT2D eigenvalue weighted by atomic mass is 10.2. The Kier molecular flexibility index (Phi) is 4.13. The lowest BCUT2D eigenvalue weighted by molar-refractivity contribution is 0.640. The SMILES string of the molecule is CSCCn1nc(C)c(CCl)c1C. The topological polar surface area (TPSA) is 17.8 Å². The molecule has 1 heterocycles. The Bertz CT molecular complexity index is 283. The molecule has 0 aromatic carbocycles. The number of thioether (sulfide) groups is 1. The van der Waals surface area contributed by atoms with E-state index in [2.05, 4.69) is 18.3 Å². The zero-order valence-electron chi connectivity index (χ0n) is 8.30. The molecule has 0 N–H and O–H groups in total. The minimum Gasteiger partial charge on any atom is -0.268 e. The van der Waals surface area contributed by atoms with E-state index in [0.717, 1.165) is 18.0 Å². The van der Waals surface area contributed by atoms with Crippen LogP contribution in [0.4, 0.5) is 0 Å². The third-order valence-electron chi connectivity index (χ3n) is 2.17. The molecular weight excluding hydrogens is 204 g/mol. The number of hydrogen-bond acceptors (Lipinski definition) is 2. The van der Waals surface area contributed by atoms with Crippen LogP contribution in [-0.4, -0.2) is 21.8 Å². The van der Waals surface area contributed by atoms with Crippen molar-refractivity contribution >= 4 is 23.4 Å². The molecule has 0 spiro atoms. The van der Waals surface area contributed by atoms with E-state index in [1.54, 1.807) is 0 Å². The van der Waals surface area contributed by atoms with Gasteiger partial charge in [-0.15, -0.1) is 11.6 Å². The number of nitrogens with zero attached hydrogens (tertiary/aromatic N) is 2. The van der Waals surface area contributed by atoms with Gasteiger partial charge in [-0.3, -0.25) is 4.68 Å². The quantitative estimate of drug-likeness (QED) is 0.724. The number of halogens is 1. The van der Waals surface area contributed by atoms with Gasteiger partial charge in [0.15, 0.2) is 0 Å². The second-order valence-electron chi connectivity index (χ2n) is 3.00. The van der Waals surface area contributed by atoms with Gasteiger partial charge in [-0.2, -0.15) is 16.9 Å². The highest BCUT2D eigenvalue weighted by molar-refractivity contribution is 7.98. The molecule has 0 unspecified atom stereocenters. The summed E-state index contributed by atoms with van der Waals surface area (Å²) in [5, 5.41) is 4.44. The number of rotatable bonds is 4. The number of aryl methyl sites for hydroxylation is 2. The molecule has 0 saturated carbocycles. The summed E-state index contributed by atoms with van der Waals surface area (Å²) in [7, 11) is 0. The first kappa shape index (κ1) is 10.9. The third kappa shape index (κ3) is 2.41. The van der Waals surface area contributed by atoms with E-state index in [9.17, 15) is 0 Å². The molecule has 4 heteroatoms. The first-order chi connectivity index (χ1) is 6.20. The molecule has 0 radical (unpaired) electrons. The van der Waals surface area contributed by atoms with Crippen molar-refractivity contribution in [3.8, 4) is 0 Å². The van der Waals surface area contributed by atoms with Crippen molar-refractivity contribution in [3.05, 3.63) is 17.0 Å². The second kappa shape index (κ2) is 4.91. The fourth-order valence-corrected chi connectivity index (χ4v) is 2.07. The molecule has 0 aliphatic rings. The normalized spacial score (nSPS) is 10.8. The first-order valence-corrected chi connectivity index (χ1v) is 6.21. The third-order valence-corrected chi connectivity index (χ3v) is 3.03. The fourth-order valence-electron chi connectivity index (χ4n) is 1.32. The Balaban J connectivity index is 2.83. The smallest absolute Gasteiger partial charge is 0.0640 e. The van der Waals surface area contributed by atoms with Gasteiger partial charge >= 0.3 is 0 Å². The summed E-state index contributed by atoms with van der Waals surface area (Å²) in [6.07, 6.45) is 2.11. The van der Waals surface area contributed by atoms with Gasteiger partial charge < -0.3 is 0 Å². The van der Waals surface area contributed by atoms with E-state index in [0.29, 0.717) is 5.88 Å². The van der Waals surface area contributed by atoms with Gasteiger partial charge in [0.1, 0.15) is 0 Å². The average molecular weight is 219 g/mol. The van der Waals surface area contributed by atoms with Crippen LogP contribution < -0.4 is 0 Å². The highest BCUT2D eigenvalue weighted by atomic mass is 35.5. The molecule has 1 aromatic rings. The van der Waals surface area contributed by atoms with E-state index in [1.807, 2.05) is 23.4 Å². The Morgan fingerprint density at radius 1 is 1.46 bits per heavy atom. The highest BCUT2D eigenvalue weighted by Gasteiger charge is 2.09. The van der Waals surface area contributed by atoms with Crippen LogP contribution in [0.1, 0.15) is 17.0 Å². The molecular formula is C9H15ClN2S. The van der Waals surface area contributed by atoms with Crippen molar-refractivity contribution in [2.75, 3.05) is 12.0 Å². The van der Waals surface area contributed by atoms with Crippen LogP contribution >= 0.6 is 23.4 Å². The highest BCUT2D eigenvalue weighted by Crippen LogP contribution is 2.15. The molecule has 0 amide bonds. The summed E-state index contributed by atoms with van der Waals surface area (Å²) in [6, 6.07) is 0. The molecule has 1 rings (SSSR count). The lowest BCUT2D eigenvalue weighted by Gasteiger charge is -2.02. The van der Waals surface area contributed by atoms with E-state index < -0.39 is 0 Å². The minimum absolute atomic E-state index is 0.566. The summed E-state index contributed by atoms with van der Waals surface area (Å²) in [4.78, 5) is 0. The van der Waals surface area contributed by atoms with Gasteiger partial charge in [0.05, 0.1) is 18.1 Å². The number of alkyl halides is 1. The summed E-state index contributed by atoms with van der Waals surface area (Å²) in [6.45, 7) is 5.07. The lowest BCUT2D eigenvalue weighted by Crippen LogP contribution is -2.04. The maximum atomic E-state index is 5.83. The van der Waals surface area contributed by atoms with E-state index in [1.165, 1.54) is 11.3 Å². The maximum Gasteiger partial charge on any atom is 0.0640 e. The largest absolute Gasteiger partial charge is 0.268 e. The molecule has 0 atom stereocenters. The molecule has 74 valence electrons. The molecule has 2 nitrogen and oxygen atoms in total. The number of aromatic nitrogens is 2. The standard InChI is InChI=1S/C9H15ClN2S/c1-7-9(6-10)8(2)12(11-7)4-5-13-3/h4-6H2,1-3H3. The van der Waals surface area contributed by atoms with Gasteiger partial charge in [-0.05, 0) is 20.1 Å². The van der Waals surface area contributed by atoms with Crippen LogP contribution in [0.15, 0.2) is 0 Å². The molecule has 0 saturated heterocycles. The molecule has 0 bridgehead atoms. The van der Waals surface area contributed by atoms with E-state index >= 15 is 0 Å². The molecule has 13 heavy (non-hydrogen) atoms. The molecule has 0 fully saturated rings. The Morgan fingerprint density at radius 3 is 2.62 bits per heavy atom. The van der Waals surface area contributed by atoms with Gasteiger partial charge in [0.25, 0.3) is 0 Å². The predicted octanol–water partition coefficient (Wildman–Crippen LogP) is 2.60. The average Bonchev–Trinajstić information content (AvgIpc) is 2.38. The molecule has 1 aromatic heterocycles. The van der Waals surface area contributed by atoms with E-state index in [-0.39, 0.29) is 0 Å². The van der Waals surface area contributed by atoms with Crippen molar-refractivity contribution < 1.29 is 0 Å². The summed E-state index contributed by atoms with van der Waals surface area (Å²) < 4.78 is 2.05. The first-order valence-electron chi connectivity index (χ1n) is 4.28. The fraction of sp³-hybridized carbons (Fsp3) is 0.667. The van der Waals surface area contributed by atoms with Crippen LogP contribution in [-0.2, 0) is 12.4 Å². The number of hydrogen-bond donors (Lipinski definition) is 0. The maximum absolute atomic E-state index is 5.83. The molecule has 0 aliphatic heterocycles. The van der Waals surface area contributed by atoms with Crippen LogP contribution in [0, 0.1) is 13.8 Å². The predicted molar refractivity (Wildman–Crippen MR) is 59.6 cm³/mol. The van der Waals surface area contributed by atoms with E-state index in [4.69, 9.17) is 11.6 Å². The van der Waals surface area contributed by atoms with Crippen molar-refractivity contribution in [2.24, 2.45) is 0 Å². The van der Waals surface area contributed by atoms with Crippen molar-refractivity contribution in [2.45, 2.75) is 26.3 Å². The monoisotopic (exact) mass is 218 g/mol. The summed E-state index contributed by atoms with van der Waals surface area (Å²) in [5.74, 6) is 1.67. The summed E-state index contributed by atoms with van der Waals surface area (Å²) in [5.41, 5.74) is 3.46. The minimum atomic E-state index is 0.566. The van der Waals surface area contributed by atoms with Crippen LogP contribution in [0.2, 0.25) is 0 Å². The van der Waals surface area contributed by atoms with Crippen molar-refractivity contribution in [1.82, 2.24) is 9.78 Å². The van der Waals surface area contributed by atoms with Gasteiger partial charge in [0.2, 0.25) is 0 Å². The summed E-state index contributed by atoms with van der Waals surface area (Å²) >= 11 is 7.66. The second-order valence-corrected chi connectivity index (χ2v) is 4.25. The van der Waals surface area contributed by atoms with Crippen LogP contribution in [0.3, 0.4) is 0 Å². The van der Waals surface area contributed by atoms with Gasteiger partial charge in [-0.1, -0.05) is 0 Å². The van der Waals surface area contributed by atoms with Crippen LogP contribution in [0.25, 0.3) is 0 Å². The Labute approximate surface area is 88.7 Å². The van der Waals surface area contributed by atoms with Gasteiger partial charge in [0, 0.05) is 17.0 Å². The Hall–Kier alpha value is -0.150. The molecule has 0 aliphatic carbocycles. The Morgan fingerprint density at radius 2 is 2.15 bits per heavy atom. The van der Waals surface area contributed by atoms with Gasteiger partial charge in [-0.25, -0.2) is 0 Å².